The summed E-state index contributed by atoms with van der Waals surface area (Å²) < 4.78 is 0. The van der Waals surface area contributed by atoms with Crippen molar-refractivity contribution in [3.63, 3.8) is 0 Å². The molecule has 0 atom stereocenters. The summed E-state index contributed by atoms with van der Waals surface area (Å²) in [5.41, 5.74) is 6.02. The number of imide groups is 2. The first-order valence-electron chi connectivity index (χ1n) is 13.7. The Hall–Kier alpha value is -6.06. The quantitative estimate of drug-likeness (QED) is 0.192. The van der Waals surface area contributed by atoms with Crippen LogP contribution in [0.5, 0.6) is 0 Å². The van der Waals surface area contributed by atoms with Gasteiger partial charge in [-0.1, -0.05) is 66.4 Å². The molecule has 0 N–H and O–H groups in total. The molecule has 204 valence electrons. The maximum atomic E-state index is 13.3. The lowest BCUT2D eigenvalue weighted by Gasteiger charge is -2.15. The van der Waals surface area contributed by atoms with Crippen LogP contribution in [-0.4, -0.2) is 23.6 Å². The fourth-order valence-electron chi connectivity index (χ4n) is 5.40. The molecular weight excluding hydrogens is 536 g/mol. The lowest BCUT2D eigenvalue weighted by Crippen LogP contribution is -2.29. The van der Waals surface area contributed by atoms with Crippen LogP contribution < -0.4 is 9.80 Å². The van der Waals surface area contributed by atoms with Crippen LogP contribution >= 0.6 is 0 Å². The third-order valence-electron chi connectivity index (χ3n) is 7.60. The molecule has 7 rings (SSSR count). The average molecular weight is 559 g/mol. The summed E-state index contributed by atoms with van der Waals surface area (Å²) >= 11 is 0. The zero-order valence-corrected chi connectivity index (χ0v) is 22.8. The van der Waals surface area contributed by atoms with E-state index in [0.717, 1.165) is 16.7 Å². The molecule has 0 aliphatic carbocycles. The van der Waals surface area contributed by atoms with Crippen LogP contribution in [-0.2, 0) is 6.42 Å². The molecule has 0 saturated heterocycles. The van der Waals surface area contributed by atoms with Gasteiger partial charge >= 0.3 is 0 Å². The van der Waals surface area contributed by atoms with Crippen LogP contribution in [0.3, 0.4) is 0 Å². The molecule has 2 heterocycles. The van der Waals surface area contributed by atoms with E-state index in [9.17, 15) is 19.2 Å². The third kappa shape index (κ3) is 4.59. The van der Waals surface area contributed by atoms with E-state index >= 15 is 0 Å². The van der Waals surface area contributed by atoms with E-state index in [4.69, 9.17) is 0 Å². The number of carbonyl (C=O) groups is 4. The van der Waals surface area contributed by atoms with Crippen molar-refractivity contribution in [3.8, 4) is 11.8 Å². The Balaban J connectivity index is 1.05. The van der Waals surface area contributed by atoms with Gasteiger partial charge in [-0.15, -0.1) is 0 Å². The molecule has 2 aliphatic rings. The van der Waals surface area contributed by atoms with Crippen LogP contribution in [0, 0.1) is 11.8 Å². The molecule has 4 amide bonds. The second-order valence-corrected chi connectivity index (χ2v) is 10.3. The number of carbonyl (C=O) groups excluding carboxylic acids is 4. The summed E-state index contributed by atoms with van der Waals surface area (Å²) in [5.74, 6) is 4.76. The van der Waals surface area contributed by atoms with Gasteiger partial charge in [0, 0.05) is 11.1 Å². The summed E-state index contributed by atoms with van der Waals surface area (Å²) in [6.07, 6.45) is 0.592. The van der Waals surface area contributed by atoms with Gasteiger partial charge in [-0.3, -0.25) is 19.2 Å². The normalized spacial score (nSPS) is 13.6. The fraction of sp³-hybridized carbons (Fsp3) is 0.0270. The highest BCUT2D eigenvalue weighted by Gasteiger charge is 2.37. The van der Waals surface area contributed by atoms with E-state index in [1.54, 1.807) is 66.7 Å². The fourth-order valence-corrected chi connectivity index (χ4v) is 5.40. The Morgan fingerprint density at radius 2 is 0.860 bits per heavy atom. The lowest BCUT2D eigenvalue weighted by molar-refractivity contribution is 0.0910. The van der Waals surface area contributed by atoms with E-state index in [1.165, 1.54) is 9.80 Å². The first kappa shape index (κ1) is 25.9. The van der Waals surface area contributed by atoms with Crippen molar-refractivity contribution >= 4 is 35.0 Å². The molecule has 0 bridgehead atoms. The number of nitrogens with zero attached hydrogens (tertiary/aromatic N) is 2. The van der Waals surface area contributed by atoms with Gasteiger partial charge in [0.25, 0.3) is 23.6 Å². The summed E-state index contributed by atoms with van der Waals surface area (Å²) in [4.78, 5) is 54.4. The lowest BCUT2D eigenvalue weighted by atomic mass is 10.0. The summed E-state index contributed by atoms with van der Waals surface area (Å²) in [7, 11) is 0. The Labute approximate surface area is 247 Å². The highest BCUT2D eigenvalue weighted by Crippen LogP contribution is 2.31. The molecule has 5 aromatic rings. The topological polar surface area (TPSA) is 74.8 Å². The zero-order chi connectivity index (χ0) is 29.5. The number of rotatable bonds is 4. The highest BCUT2D eigenvalue weighted by molar-refractivity contribution is 6.35. The zero-order valence-electron chi connectivity index (χ0n) is 22.8. The minimum absolute atomic E-state index is 0.326. The minimum Gasteiger partial charge on any atom is -0.268 e. The van der Waals surface area contributed by atoms with Gasteiger partial charge in [0.1, 0.15) is 0 Å². The van der Waals surface area contributed by atoms with Gasteiger partial charge in [-0.05, 0) is 84.3 Å². The van der Waals surface area contributed by atoms with Crippen molar-refractivity contribution in [1.29, 1.82) is 0 Å². The molecule has 2 aliphatic heterocycles. The van der Waals surface area contributed by atoms with Crippen molar-refractivity contribution in [2.75, 3.05) is 9.80 Å². The maximum Gasteiger partial charge on any atom is 0.266 e. The van der Waals surface area contributed by atoms with E-state index in [1.807, 2.05) is 54.6 Å². The Morgan fingerprint density at radius 1 is 0.419 bits per heavy atom. The molecule has 0 spiro atoms. The van der Waals surface area contributed by atoms with Crippen molar-refractivity contribution in [2.24, 2.45) is 0 Å². The summed E-state index contributed by atoms with van der Waals surface area (Å²) in [5, 5.41) is 0. The van der Waals surface area contributed by atoms with Gasteiger partial charge < -0.3 is 0 Å². The third-order valence-corrected chi connectivity index (χ3v) is 7.60. The van der Waals surface area contributed by atoms with Crippen molar-refractivity contribution in [1.82, 2.24) is 0 Å². The highest BCUT2D eigenvalue weighted by atomic mass is 16.2. The molecule has 6 heteroatoms. The largest absolute Gasteiger partial charge is 0.268 e. The van der Waals surface area contributed by atoms with E-state index in [2.05, 4.69) is 11.8 Å². The number of hydrogen-bond acceptors (Lipinski definition) is 4. The van der Waals surface area contributed by atoms with E-state index in [-0.39, 0.29) is 23.6 Å². The van der Waals surface area contributed by atoms with Crippen molar-refractivity contribution in [2.45, 2.75) is 6.42 Å². The first-order valence-corrected chi connectivity index (χ1v) is 13.7. The van der Waals surface area contributed by atoms with Crippen LogP contribution in [0.1, 0.15) is 63.7 Å². The standard InChI is InChI=1S/C37H22N2O4/c40-34-30-8-4-5-9-31(30)35(41)38(34)28-17-12-25(13-18-28)22-26-14-19-29(20-15-26)39-36(42)32-21-16-27(23-33(32)37(39)43)11-10-24-6-2-1-3-7-24/h1-9,12-21,23H,22H2. The number of fused-ring (bicyclic) bond motifs is 2. The Kier molecular flexibility index (Phi) is 6.26. The van der Waals surface area contributed by atoms with E-state index < -0.39 is 0 Å². The second-order valence-electron chi connectivity index (χ2n) is 10.3. The smallest absolute Gasteiger partial charge is 0.266 e. The van der Waals surface area contributed by atoms with Crippen molar-refractivity contribution < 1.29 is 19.2 Å². The molecule has 6 nitrogen and oxygen atoms in total. The second kappa shape index (κ2) is 10.4. The Morgan fingerprint density at radius 3 is 1.40 bits per heavy atom. The van der Waals surface area contributed by atoms with Gasteiger partial charge in [-0.25, -0.2) is 9.80 Å². The SMILES string of the molecule is O=C1c2ccccc2C(=O)N1c1ccc(Cc2ccc(N3C(=O)c4ccc(C#Cc5ccccc5)cc4C3=O)cc2)cc1. The number of anilines is 2. The predicted molar refractivity (Wildman–Crippen MR) is 163 cm³/mol. The van der Waals surface area contributed by atoms with Crippen LogP contribution in [0.15, 0.2) is 121 Å². The maximum absolute atomic E-state index is 13.3. The van der Waals surface area contributed by atoms with Crippen LogP contribution in [0.2, 0.25) is 0 Å². The molecule has 0 radical (unpaired) electrons. The molecule has 5 aromatic carbocycles. The van der Waals surface area contributed by atoms with Gasteiger partial charge in [0.2, 0.25) is 0 Å². The molecular formula is C37H22N2O4. The predicted octanol–water partition coefficient (Wildman–Crippen LogP) is 6.28. The first-order chi connectivity index (χ1) is 21.0. The molecule has 0 saturated carbocycles. The average Bonchev–Trinajstić information content (AvgIpc) is 3.45. The molecule has 0 aromatic heterocycles. The number of benzene rings is 5. The van der Waals surface area contributed by atoms with Crippen LogP contribution in [0.4, 0.5) is 11.4 Å². The van der Waals surface area contributed by atoms with E-state index in [0.29, 0.717) is 45.6 Å². The van der Waals surface area contributed by atoms with Crippen molar-refractivity contribution in [3.05, 3.63) is 166 Å². The number of amides is 4. The monoisotopic (exact) mass is 558 g/mol. The van der Waals surface area contributed by atoms with Gasteiger partial charge in [-0.2, -0.15) is 0 Å². The van der Waals surface area contributed by atoms with Gasteiger partial charge in [0.05, 0.1) is 33.6 Å². The number of hydrogen-bond donors (Lipinski definition) is 0. The van der Waals surface area contributed by atoms with Gasteiger partial charge in [0.15, 0.2) is 0 Å². The minimum atomic E-state index is -0.375. The Bertz CT molecular complexity index is 1980. The van der Waals surface area contributed by atoms with Crippen LogP contribution in [0.25, 0.3) is 0 Å². The summed E-state index contributed by atoms with van der Waals surface area (Å²) in [6.45, 7) is 0. The summed E-state index contributed by atoms with van der Waals surface area (Å²) in [6, 6.07) is 36.1. The molecule has 0 unspecified atom stereocenters. The molecule has 43 heavy (non-hydrogen) atoms. The molecule has 0 fully saturated rings.